The maximum Gasteiger partial charge on any atom is 0.254 e. The van der Waals surface area contributed by atoms with Crippen LogP contribution in [0.2, 0.25) is 0 Å². The van der Waals surface area contributed by atoms with E-state index in [1.165, 1.54) is 30.0 Å². The molecule has 0 unspecified atom stereocenters. The lowest BCUT2D eigenvalue weighted by molar-refractivity contribution is 0.0690. The number of aliphatic hydroxyl groups excluding tert-OH is 2. The predicted molar refractivity (Wildman–Crippen MR) is 477 cm³/mol. The molecule has 0 aliphatic carbocycles. The molecule has 0 saturated carbocycles. The van der Waals surface area contributed by atoms with Gasteiger partial charge in [-0.2, -0.15) is 15.8 Å². The second kappa shape index (κ2) is 39.3. The minimum absolute atomic E-state index is 0.00462. The zero-order valence-electron chi connectivity index (χ0n) is 70.2. The number of aromatic nitrogens is 1. The highest BCUT2D eigenvalue weighted by atomic mass is 32.2. The van der Waals surface area contributed by atoms with Gasteiger partial charge in [-0.25, -0.2) is 22.9 Å². The Morgan fingerprint density at radius 1 is 0.413 bits per heavy atom. The number of aryl methyl sites for hydroxylation is 7. The van der Waals surface area contributed by atoms with Crippen molar-refractivity contribution in [1.29, 1.82) is 15.8 Å². The molecule has 24 nitrogen and oxygen atoms in total. The summed E-state index contributed by atoms with van der Waals surface area (Å²) in [6, 6.07) is 60.3. The quantitative estimate of drug-likeness (QED) is 0.0465. The first-order valence-electron chi connectivity index (χ1n) is 42.0. The van der Waals surface area contributed by atoms with Gasteiger partial charge < -0.3 is 70.3 Å². The Bertz CT molecular complexity index is 5250. The van der Waals surface area contributed by atoms with Crippen LogP contribution >= 0.6 is 0 Å². The van der Waals surface area contributed by atoms with E-state index in [9.17, 15) is 53.2 Å². The number of piperazine rings is 3. The summed E-state index contributed by atoms with van der Waals surface area (Å²) < 4.78 is 38.5. The molecule has 0 radical (unpaired) electrons. The average Bonchev–Trinajstić information content (AvgIpc) is 0.775. The molecule has 6 saturated heterocycles. The summed E-state index contributed by atoms with van der Waals surface area (Å²) in [5, 5.41) is 65.2. The zero-order valence-corrected chi connectivity index (χ0v) is 71.0. The van der Waals surface area contributed by atoms with Crippen LogP contribution in [0.15, 0.2) is 181 Å². The molecule has 2 atom stereocenters. The van der Waals surface area contributed by atoms with Crippen LogP contribution in [0.25, 0.3) is 0 Å². The van der Waals surface area contributed by atoms with E-state index in [1.54, 1.807) is 28.0 Å². The van der Waals surface area contributed by atoms with Crippen molar-refractivity contribution in [2.45, 2.75) is 122 Å². The number of nitrogens with two attached hydrogens (primary N) is 1. The van der Waals surface area contributed by atoms with E-state index in [0.717, 1.165) is 162 Å². The van der Waals surface area contributed by atoms with Crippen LogP contribution in [0, 0.1) is 88.3 Å². The van der Waals surface area contributed by atoms with Crippen molar-refractivity contribution in [2.75, 3.05) is 163 Å². The highest BCUT2D eigenvalue weighted by Crippen LogP contribution is 2.36. The van der Waals surface area contributed by atoms with Gasteiger partial charge in [0.15, 0.2) is 11.6 Å². The number of anilines is 9. The summed E-state index contributed by atoms with van der Waals surface area (Å²) in [6.45, 7) is 24.0. The third-order valence-electron chi connectivity index (χ3n) is 24.5. The Labute approximate surface area is 710 Å². The number of pyridine rings is 1. The molecule has 6 aliphatic rings. The maximum absolute atomic E-state index is 14.4. The fraction of sp³-hybridized carbons (Fsp3) is 0.379. The number of halogens is 1. The summed E-state index contributed by atoms with van der Waals surface area (Å²) in [5.74, 6) is -0.331. The smallest absolute Gasteiger partial charge is 0.254 e. The molecule has 0 spiro atoms. The number of aliphatic hydroxyl groups is 2. The van der Waals surface area contributed by atoms with Gasteiger partial charge in [-0.3, -0.25) is 14.4 Å². The number of carbonyl (C=O) groups excluding carboxylic acids is 3. The molecular weight excluding hydrogens is 1540 g/mol. The minimum atomic E-state index is -3.85. The van der Waals surface area contributed by atoms with Gasteiger partial charge in [-0.05, 0) is 211 Å². The number of rotatable bonds is 18. The lowest BCUT2D eigenvalue weighted by atomic mass is 9.99. The number of para-hydroxylation sites is 5. The number of nitrogens with one attached hydrogen (secondary N) is 3. The van der Waals surface area contributed by atoms with Crippen molar-refractivity contribution in [3.63, 3.8) is 0 Å². The van der Waals surface area contributed by atoms with Crippen molar-refractivity contribution in [1.82, 2.24) is 19.7 Å². The molecule has 7 N–H and O–H groups in total. The summed E-state index contributed by atoms with van der Waals surface area (Å²) >= 11 is 0. The molecule has 3 amide bonds. The summed E-state index contributed by atoms with van der Waals surface area (Å²) in [7, 11) is -3.85. The van der Waals surface area contributed by atoms with E-state index in [0.29, 0.717) is 92.9 Å². The van der Waals surface area contributed by atoms with Crippen LogP contribution in [0.4, 0.5) is 55.7 Å². The molecule has 630 valence electrons. The summed E-state index contributed by atoms with van der Waals surface area (Å²) in [5.41, 5.74) is 19.0. The Morgan fingerprint density at radius 3 is 1.13 bits per heavy atom. The average molecular weight is 1650 g/mol. The van der Waals surface area contributed by atoms with Crippen LogP contribution in [0.1, 0.15) is 125 Å². The summed E-state index contributed by atoms with van der Waals surface area (Å²) in [4.78, 5) is 63.6. The number of benzene rings is 8. The molecule has 6 fully saturated rings. The van der Waals surface area contributed by atoms with Gasteiger partial charge in [-0.15, -0.1) is 0 Å². The third kappa shape index (κ3) is 20.3. The van der Waals surface area contributed by atoms with E-state index >= 15 is 0 Å². The van der Waals surface area contributed by atoms with Crippen molar-refractivity contribution < 1.29 is 37.4 Å². The second-order valence-electron chi connectivity index (χ2n) is 32.5. The lowest BCUT2D eigenvalue weighted by Crippen LogP contribution is -2.56. The molecule has 0 bridgehead atoms. The number of nitriles is 3. The number of carbonyl (C=O) groups is 3. The van der Waals surface area contributed by atoms with Crippen molar-refractivity contribution >= 4 is 79.1 Å². The topological polar surface area (TPSA) is 301 Å². The number of amides is 3. The Balaban J connectivity index is 0.000000157. The highest BCUT2D eigenvalue weighted by Gasteiger charge is 2.36. The molecular formula is C95H110FN17O7S. The molecule has 15 rings (SSSR count). The normalized spacial score (nSPS) is 17.4. The third-order valence-corrected chi connectivity index (χ3v) is 25.5. The molecule has 1 aromatic heterocycles. The number of hydrogen-bond acceptors (Lipinski definition) is 20. The number of primary sulfonamides is 1. The van der Waals surface area contributed by atoms with Gasteiger partial charge in [0.1, 0.15) is 23.1 Å². The largest absolute Gasteiger partial charge is 0.394 e. The predicted octanol–water partition coefficient (Wildman–Crippen LogP) is 12.9. The first-order chi connectivity index (χ1) is 58.4. The maximum atomic E-state index is 14.4. The van der Waals surface area contributed by atoms with E-state index in [4.69, 9.17) is 5.14 Å². The van der Waals surface area contributed by atoms with Crippen molar-refractivity contribution in [3.8, 4) is 18.2 Å². The van der Waals surface area contributed by atoms with Gasteiger partial charge >= 0.3 is 0 Å². The van der Waals surface area contributed by atoms with Crippen LogP contribution in [0.5, 0.6) is 0 Å². The number of nitrogens with zero attached hydrogens (tertiary/aromatic N) is 13. The molecule has 8 aromatic carbocycles. The van der Waals surface area contributed by atoms with E-state index in [-0.39, 0.29) is 66.3 Å². The monoisotopic (exact) mass is 1650 g/mol. The fourth-order valence-electron chi connectivity index (χ4n) is 17.8. The number of piperidine rings is 3. The Kier molecular flexibility index (Phi) is 28.1. The van der Waals surface area contributed by atoms with Gasteiger partial charge in [0.2, 0.25) is 10.0 Å². The molecule has 121 heavy (non-hydrogen) atoms. The molecule has 9 aromatic rings. The van der Waals surface area contributed by atoms with Gasteiger partial charge in [0.05, 0.1) is 64.7 Å². The van der Waals surface area contributed by atoms with E-state index in [1.807, 2.05) is 152 Å². The molecule has 6 aliphatic heterocycles. The van der Waals surface area contributed by atoms with Crippen LogP contribution < -0.4 is 50.5 Å². The van der Waals surface area contributed by atoms with Crippen LogP contribution in [-0.2, 0) is 10.0 Å². The number of sulfonamides is 1. The number of hydrogen-bond donors (Lipinski definition) is 6. The molecule has 26 heteroatoms. The van der Waals surface area contributed by atoms with Crippen LogP contribution in [-0.4, -0.2) is 204 Å². The fourth-order valence-corrected chi connectivity index (χ4v) is 18.5. The van der Waals surface area contributed by atoms with Crippen molar-refractivity contribution in [2.24, 2.45) is 5.14 Å². The van der Waals surface area contributed by atoms with Gasteiger partial charge in [-0.1, -0.05) is 84.9 Å². The minimum Gasteiger partial charge on any atom is -0.394 e. The highest BCUT2D eigenvalue weighted by molar-refractivity contribution is 7.89. The van der Waals surface area contributed by atoms with E-state index < -0.39 is 21.9 Å². The summed E-state index contributed by atoms with van der Waals surface area (Å²) in [6.07, 6.45) is 7.13. The zero-order chi connectivity index (χ0) is 85.6. The Morgan fingerprint density at radius 2 is 0.752 bits per heavy atom. The van der Waals surface area contributed by atoms with Crippen molar-refractivity contribution in [3.05, 3.63) is 254 Å². The SMILES string of the molecule is Cc1cc(C)c(C(=O)N2CCN(c3ccccc3C)[C@@H](CO)C2)cc1NC1CCN(c2ccccc2C#N)CC1.Cc1cc(C)c(C(=O)N2CCN(c3ccccc3S(N)(=O)=O)CC2)cc1NC1CCN(c2ccccc2C#N)CC1.Cc1cc(C)c(C(=O)N2CCN(c3ncccc3F)[C@@H](CO)C2)cc1NC1CCN(c2ccccc2C#N)CC1. The lowest BCUT2D eigenvalue weighted by Gasteiger charge is -2.42. The van der Waals surface area contributed by atoms with Crippen LogP contribution in [0.3, 0.4) is 0 Å². The first-order valence-corrected chi connectivity index (χ1v) is 43.5. The second-order valence-corrected chi connectivity index (χ2v) is 34.0. The molecule has 7 heterocycles. The first kappa shape index (κ1) is 86.6. The van der Waals surface area contributed by atoms with Gasteiger partial charge in [0.25, 0.3) is 17.7 Å². The van der Waals surface area contributed by atoms with E-state index in [2.05, 4.69) is 104 Å². The van der Waals surface area contributed by atoms with Gasteiger partial charge in [0, 0.05) is 168 Å². The standard InChI is InChI=1S/C33H39N5O2.C31H35FN6O2.C31H36N6O3S/c1-23-8-4-6-10-31(23)38-17-16-37(21-28(38)22-39)33(40)29-19-30(25(3)18-24(29)2)35-27-12-14-36(15-13-27)32-11-7-5-9-26(32)20-34;1-21-16-22(2)28(35-24-9-12-36(13-10-24)29-8-4-3-6-23(29)18-33)17-26(21)31(40)37-14-15-38(25(19-37)20-39)30-27(32)7-5-11-34-30;1-22-19-23(2)27(34-25-11-13-35(14-12-25)28-8-4-3-7-24(28)21-32)20-26(22)31(38)37-17-15-36(16-18-37)29-9-5-6-10-30(29)41(33,39)40/h4-11,18-19,27-28,35,39H,12-17,21-22H2,1-3H3;3-8,11,16-17,24-25,35,39H,9-10,12-15,19-20H2,1-2H3;3-10,19-20,25,34H,11-18H2,1-2H3,(H2,33,39,40)/t28-;25-;/m11./s1. The Hall–Kier alpha value is -12.3.